The molecule has 0 radical (unpaired) electrons. The minimum Gasteiger partial charge on any atom is -0.383 e. The lowest BCUT2D eigenvalue weighted by Gasteiger charge is -2.23. The van der Waals surface area contributed by atoms with Crippen molar-refractivity contribution in [2.75, 3.05) is 26.0 Å². The summed E-state index contributed by atoms with van der Waals surface area (Å²) in [6, 6.07) is 10.2. The predicted molar refractivity (Wildman–Crippen MR) is 105 cm³/mol. The van der Waals surface area contributed by atoms with E-state index in [2.05, 4.69) is 0 Å². The molecule has 0 spiro atoms. The first-order chi connectivity index (χ1) is 14.1. The van der Waals surface area contributed by atoms with Crippen molar-refractivity contribution in [2.24, 2.45) is 0 Å². The van der Waals surface area contributed by atoms with Crippen LogP contribution in [0.5, 0.6) is 5.75 Å². The number of rotatable bonds is 9. The van der Waals surface area contributed by atoms with Crippen LogP contribution in [0.1, 0.15) is 28.4 Å². The summed E-state index contributed by atoms with van der Waals surface area (Å²) >= 11 is 0. The van der Waals surface area contributed by atoms with Gasteiger partial charge in [-0.1, -0.05) is 12.1 Å². The standard InChI is InChI=1S/C20H22F3NO5S/c1-3-30(26,27)29-18-6-4-5-15(13-18)14-24(11-12-28-2)19(25)16-7-9-17(10-8-16)20(21,22)23/h4-10,13H,3,11-12,14H2,1-2H3. The zero-order chi connectivity index (χ0) is 22.4. The van der Waals surface area contributed by atoms with Gasteiger partial charge in [-0.25, -0.2) is 0 Å². The molecule has 164 valence electrons. The third-order valence-corrected chi connectivity index (χ3v) is 5.31. The quantitative estimate of drug-likeness (QED) is 0.550. The van der Waals surface area contributed by atoms with Crippen molar-refractivity contribution in [2.45, 2.75) is 19.6 Å². The third kappa shape index (κ3) is 6.74. The van der Waals surface area contributed by atoms with E-state index in [0.717, 1.165) is 24.3 Å². The van der Waals surface area contributed by atoms with E-state index in [1.807, 2.05) is 0 Å². The highest BCUT2D eigenvalue weighted by atomic mass is 32.2. The van der Waals surface area contributed by atoms with E-state index in [4.69, 9.17) is 8.92 Å². The van der Waals surface area contributed by atoms with Crippen molar-refractivity contribution in [1.82, 2.24) is 4.90 Å². The van der Waals surface area contributed by atoms with Crippen molar-refractivity contribution in [3.8, 4) is 5.75 Å². The molecule has 0 unspecified atom stereocenters. The number of hydrogen-bond acceptors (Lipinski definition) is 5. The Kier molecular flexibility index (Phi) is 7.85. The molecule has 10 heteroatoms. The number of hydrogen-bond donors (Lipinski definition) is 0. The zero-order valence-electron chi connectivity index (χ0n) is 16.5. The zero-order valence-corrected chi connectivity index (χ0v) is 17.3. The summed E-state index contributed by atoms with van der Waals surface area (Å²) in [4.78, 5) is 14.2. The van der Waals surface area contributed by atoms with Gasteiger partial charge in [0.05, 0.1) is 17.9 Å². The molecule has 0 atom stereocenters. The number of halogens is 3. The topological polar surface area (TPSA) is 72.9 Å². The van der Waals surface area contributed by atoms with E-state index in [1.165, 1.54) is 31.1 Å². The summed E-state index contributed by atoms with van der Waals surface area (Å²) in [5, 5.41) is 0. The van der Waals surface area contributed by atoms with E-state index >= 15 is 0 Å². The lowest BCUT2D eigenvalue weighted by Crippen LogP contribution is -2.33. The molecule has 0 aliphatic rings. The van der Waals surface area contributed by atoms with Gasteiger partial charge in [0.25, 0.3) is 5.91 Å². The molecule has 2 aromatic carbocycles. The van der Waals surface area contributed by atoms with Gasteiger partial charge in [0, 0.05) is 25.8 Å². The SMILES string of the molecule is CCS(=O)(=O)Oc1cccc(CN(CCOC)C(=O)c2ccc(C(F)(F)F)cc2)c1. The molecule has 0 aliphatic heterocycles. The molecule has 0 N–H and O–H groups in total. The van der Waals surface area contributed by atoms with Crippen LogP contribution in [0.3, 0.4) is 0 Å². The van der Waals surface area contributed by atoms with Gasteiger partial charge in [-0.05, 0) is 48.9 Å². The lowest BCUT2D eigenvalue weighted by molar-refractivity contribution is -0.137. The summed E-state index contributed by atoms with van der Waals surface area (Å²) in [6.45, 7) is 1.95. The largest absolute Gasteiger partial charge is 0.416 e. The molecule has 2 rings (SSSR count). The molecular formula is C20H22F3NO5S. The first-order valence-electron chi connectivity index (χ1n) is 9.02. The summed E-state index contributed by atoms with van der Waals surface area (Å²) in [6.07, 6.45) is -4.49. The maximum Gasteiger partial charge on any atom is 0.416 e. The highest BCUT2D eigenvalue weighted by Gasteiger charge is 2.30. The molecular weight excluding hydrogens is 423 g/mol. The van der Waals surface area contributed by atoms with E-state index in [-0.39, 0.29) is 36.8 Å². The lowest BCUT2D eigenvalue weighted by atomic mass is 10.1. The molecule has 1 amide bonds. The van der Waals surface area contributed by atoms with Gasteiger partial charge >= 0.3 is 16.3 Å². The smallest absolute Gasteiger partial charge is 0.383 e. The Hall–Kier alpha value is -2.59. The number of benzene rings is 2. The van der Waals surface area contributed by atoms with E-state index in [1.54, 1.807) is 12.1 Å². The second kappa shape index (κ2) is 9.94. The Morgan fingerprint density at radius 3 is 2.33 bits per heavy atom. The molecule has 0 saturated heterocycles. The third-order valence-electron chi connectivity index (χ3n) is 4.16. The van der Waals surface area contributed by atoms with Crippen LogP contribution in [-0.2, 0) is 27.6 Å². The maximum atomic E-state index is 12.8. The average molecular weight is 445 g/mol. The van der Waals surface area contributed by atoms with Crippen molar-refractivity contribution in [3.05, 3.63) is 65.2 Å². The van der Waals surface area contributed by atoms with E-state index < -0.39 is 27.8 Å². The fraction of sp³-hybridized carbons (Fsp3) is 0.350. The van der Waals surface area contributed by atoms with Crippen molar-refractivity contribution >= 4 is 16.0 Å². The minimum atomic E-state index is -4.49. The van der Waals surface area contributed by atoms with Gasteiger partial charge in [0.2, 0.25) is 0 Å². The van der Waals surface area contributed by atoms with E-state index in [0.29, 0.717) is 5.56 Å². The van der Waals surface area contributed by atoms with Crippen LogP contribution in [0.25, 0.3) is 0 Å². The fourth-order valence-corrected chi connectivity index (χ4v) is 3.07. The van der Waals surface area contributed by atoms with Gasteiger partial charge in [-0.2, -0.15) is 21.6 Å². The second-order valence-electron chi connectivity index (χ2n) is 6.37. The molecule has 0 saturated carbocycles. The van der Waals surface area contributed by atoms with Crippen LogP contribution in [-0.4, -0.2) is 45.2 Å². The highest BCUT2D eigenvalue weighted by Crippen LogP contribution is 2.29. The molecule has 0 aromatic heterocycles. The molecule has 30 heavy (non-hydrogen) atoms. The van der Waals surface area contributed by atoms with Gasteiger partial charge in [0.1, 0.15) is 5.75 Å². The van der Waals surface area contributed by atoms with Crippen molar-refractivity contribution in [3.63, 3.8) is 0 Å². The van der Waals surface area contributed by atoms with E-state index in [9.17, 15) is 26.4 Å². The fourth-order valence-electron chi connectivity index (χ4n) is 2.56. The molecule has 0 fully saturated rings. The Balaban J connectivity index is 2.22. The summed E-state index contributed by atoms with van der Waals surface area (Å²) in [7, 11) is -2.24. The van der Waals surface area contributed by atoms with Crippen molar-refractivity contribution in [1.29, 1.82) is 0 Å². The monoisotopic (exact) mass is 445 g/mol. The normalized spacial score (nSPS) is 11.9. The number of alkyl halides is 3. The van der Waals surface area contributed by atoms with Crippen LogP contribution >= 0.6 is 0 Å². The van der Waals surface area contributed by atoms with Gasteiger partial charge in [-0.15, -0.1) is 0 Å². The average Bonchev–Trinajstić information content (AvgIpc) is 2.70. The van der Waals surface area contributed by atoms with Crippen LogP contribution < -0.4 is 4.18 Å². The first-order valence-corrected chi connectivity index (χ1v) is 10.6. The van der Waals surface area contributed by atoms with Crippen LogP contribution in [0.2, 0.25) is 0 Å². The number of carbonyl (C=O) groups is 1. The maximum absolute atomic E-state index is 12.8. The molecule has 0 bridgehead atoms. The Bertz CT molecular complexity index is 959. The van der Waals surface area contributed by atoms with Gasteiger partial charge in [0.15, 0.2) is 0 Å². The molecule has 0 aliphatic carbocycles. The highest BCUT2D eigenvalue weighted by molar-refractivity contribution is 7.87. The molecule has 6 nitrogen and oxygen atoms in total. The Labute approximate surface area is 173 Å². The number of amides is 1. The second-order valence-corrected chi connectivity index (χ2v) is 8.23. The van der Waals surface area contributed by atoms with Gasteiger partial charge < -0.3 is 13.8 Å². The summed E-state index contributed by atoms with van der Waals surface area (Å²) < 4.78 is 71.5. The predicted octanol–water partition coefficient (Wildman–Crippen LogP) is 3.72. The van der Waals surface area contributed by atoms with Crippen LogP contribution in [0.4, 0.5) is 13.2 Å². The first kappa shape index (κ1) is 23.7. The molecule has 0 heterocycles. The van der Waals surface area contributed by atoms with Crippen LogP contribution in [0, 0.1) is 0 Å². The number of ether oxygens (including phenoxy) is 1. The number of carbonyl (C=O) groups excluding carboxylic acids is 1. The number of methoxy groups -OCH3 is 1. The van der Waals surface area contributed by atoms with Crippen molar-refractivity contribution < 1.29 is 35.3 Å². The van der Waals surface area contributed by atoms with Crippen LogP contribution in [0.15, 0.2) is 48.5 Å². The summed E-state index contributed by atoms with van der Waals surface area (Å²) in [5.74, 6) is -0.555. The Morgan fingerprint density at radius 1 is 1.10 bits per heavy atom. The minimum absolute atomic E-state index is 0.0899. The van der Waals surface area contributed by atoms with Gasteiger partial charge in [-0.3, -0.25) is 4.79 Å². The number of nitrogens with zero attached hydrogens (tertiary/aromatic N) is 1. The Morgan fingerprint density at radius 2 is 1.77 bits per heavy atom. The summed E-state index contributed by atoms with van der Waals surface area (Å²) in [5.41, 5.74) is -0.153. The molecule has 2 aromatic rings.